The van der Waals surface area contributed by atoms with E-state index in [9.17, 15) is 4.79 Å². The van der Waals surface area contributed by atoms with Crippen LogP contribution < -0.4 is 12.4 Å². The molecule has 20 heavy (non-hydrogen) atoms. The third-order valence-corrected chi connectivity index (χ3v) is 12.9. The van der Waals surface area contributed by atoms with Gasteiger partial charge in [0.25, 0.3) is 0 Å². The van der Waals surface area contributed by atoms with E-state index in [2.05, 4.69) is 41.9 Å². The van der Waals surface area contributed by atoms with Gasteiger partial charge in [-0.3, -0.25) is 0 Å². The first-order valence-corrected chi connectivity index (χ1v) is 12.1. The third kappa shape index (κ3) is 2.00. The van der Waals surface area contributed by atoms with E-state index in [-0.39, 0.29) is 18.5 Å². The average Bonchev–Trinajstić information content (AvgIpc) is 3.07. The summed E-state index contributed by atoms with van der Waals surface area (Å²) in [7, 11) is 0. The van der Waals surface area contributed by atoms with Crippen LogP contribution in [-0.2, 0) is 4.79 Å². The van der Waals surface area contributed by atoms with Gasteiger partial charge in [0.15, 0.2) is 0 Å². The minimum atomic E-state index is -1.07. The van der Waals surface area contributed by atoms with Crippen molar-refractivity contribution in [1.29, 1.82) is 0 Å². The first-order chi connectivity index (χ1) is 9.50. The molecule has 1 amide bonds. The van der Waals surface area contributed by atoms with Crippen molar-refractivity contribution in [2.24, 2.45) is 5.92 Å². The van der Waals surface area contributed by atoms with Gasteiger partial charge in [0, 0.05) is 0 Å². The molecule has 0 aromatic rings. The molecular weight excluding hydrogens is 480 g/mol. The predicted octanol–water partition coefficient (Wildman–Crippen LogP) is 3.00. The van der Waals surface area contributed by atoms with Gasteiger partial charge >= 0.3 is 143 Å². The standard InChI is InChI=1S/C14H23I2N3O/c1-12(15,14-16(18-14)19-14)11(20)17-13(8-4-5-9-13)10-6-2-3-7-10/h10,18-19H,2-9H2,1H3,(H,17,20)/t12-/m1/s1. The summed E-state index contributed by atoms with van der Waals surface area (Å²) in [5.74, 6) is 0.997. The molecule has 4 nitrogen and oxygen atoms in total. The summed E-state index contributed by atoms with van der Waals surface area (Å²) in [5.41, 5.74) is 0.124. The Morgan fingerprint density at radius 2 is 1.80 bits per heavy atom. The molecule has 4 rings (SSSR count). The van der Waals surface area contributed by atoms with Crippen LogP contribution in [0.25, 0.3) is 0 Å². The van der Waals surface area contributed by atoms with Crippen LogP contribution in [0, 0.1) is 5.92 Å². The first kappa shape index (κ1) is 14.4. The normalized spacial score (nSPS) is 34.4. The van der Waals surface area contributed by atoms with Gasteiger partial charge in [-0.15, -0.1) is 0 Å². The Bertz CT molecular complexity index is 436. The number of carbonyl (C=O) groups is 1. The van der Waals surface area contributed by atoms with Crippen molar-refractivity contribution in [3.05, 3.63) is 0 Å². The van der Waals surface area contributed by atoms with Crippen molar-refractivity contribution in [2.75, 3.05) is 0 Å². The Hall–Kier alpha value is 0.850. The summed E-state index contributed by atoms with van der Waals surface area (Å²) in [6.07, 6.45) is 10.3. The maximum atomic E-state index is 12.9. The average molecular weight is 503 g/mol. The number of carbonyl (C=O) groups excluding carboxylic acids is 1. The second-order valence-corrected chi connectivity index (χ2v) is 13.4. The molecule has 0 radical (unpaired) electrons. The van der Waals surface area contributed by atoms with Crippen molar-refractivity contribution in [3.8, 4) is 0 Å². The van der Waals surface area contributed by atoms with E-state index >= 15 is 0 Å². The number of fused-ring (bicyclic) bond motifs is 1. The molecule has 2 saturated heterocycles. The summed E-state index contributed by atoms with van der Waals surface area (Å²) in [6, 6.07) is 0. The van der Waals surface area contributed by atoms with Gasteiger partial charge in [0.1, 0.15) is 0 Å². The Labute approximate surface area is 142 Å². The molecule has 0 aromatic heterocycles. The van der Waals surface area contributed by atoms with Gasteiger partial charge in [-0.1, -0.05) is 0 Å². The summed E-state index contributed by atoms with van der Waals surface area (Å²) < 4.78 is 6.76. The van der Waals surface area contributed by atoms with Crippen LogP contribution in [0.5, 0.6) is 0 Å². The molecule has 0 bridgehead atoms. The molecule has 4 aliphatic rings. The molecule has 2 heterocycles. The van der Waals surface area contributed by atoms with Gasteiger partial charge in [-0.05, 0) is 0 Å². The van der Waals surface area contributed by atoms with Crippen molar-refractivity contribution < 1.29 is 4.79 Å². The first-order valence-electron chi connectivity index (χ1n) is 7.77. The minimum absolute atomic E-state index is 0.0526. The molecule has 1 atom stereocenters. The molecule has 0 aromatic carbocycles. The predicted molar refractivity (Wildman–Crippen MR) is 96.7 cm³/mol. The number of halogens is 2. The van der Waals surface area contributed by atoms with Gasteiger partial charge in [0.2, 0.25) is 0 Å². The van der Waals surface area contributed by atoms with E-state index in [1.54, 1.807) is 0 Å². The van der Waals surface area contributed by atoms with Crippen molar-refractivity contribution in [2.45, 2.75) is 70.9 Å². The van der Waals surface area contributed by atoms with E-state index in [4.69, 9.17) is 0 Å². The second kappa shape index (κ2) is 4.67. The zero-order valence-electron chi connectivity index (χ0n) is 11.9. The van der Waals surface area contributed by atoms with Crippen LogP contribution in [0.1, 0.15) is 58.3 Å². The van der Waals surface area contributed by atoms with Gasteiger partial charge in [-0.25, -0.2) is 0 Å². The Morgan fingerprint density at radius 1 is 1.25 bits per heavy atom. The molecule has 2 aliphatic heterocycles. The molecule has 2 aliphatic carbocycles. The Morgan fingerprint density at radius 3 is 2.30 bits per heavy atom. The zero-order valence-corrected chi connectivity index (χ0v) is 16.2. The summed E-state index contributed by atoms with van der Waals surface area (Å²) in [6.45, 7) is 2.10. The van der Waals surface area contributed by atoms with E-state index in [1.807, 2.05) is 0 Å². The van der Waals surface area contributed by atoms with E-state index in [0.717, 1.165) is 5.92 Å². The summed E-state index contributed by atoms with van der Waals surface area (Å²) >= 11 is 1.30. The number of rotatable bonds is 4. The topological polar surface area (TPSA) is 73.0 Å². The van der Waals surface area contributed by atoms with Crippen LogP contribution in [0.3, 0.4) is 0 Å². The van der Waals surface area contributed by atoms with Crippen LogP contribution in [-0.4, -0.2) is 18.5 Å². The van der Waals surface area contributed by atoms with Crippen LogP contribution in [0.15, 0.2) is 0 Å². The molecule has 3 N–H and O–H groups in total. The van der Waals surface area contributed by atoms with Gasteiger partial charge in [0.05, 0.1) is 0 Å². The third-order valence-electron chi connectivity index (χ3n) is 5.73. The van der Waals surface area contributed by atoms with Gasteiger partial charge in [-0.2, -0.15) is 0 Å². The summed E-state index contributed by atoms with van der Waals surface area (Å²) in [4.78, 5) is 12.9. The van der Waals surface area contributed by atoms with Crippen molar-refractivity contribution in [3.63, 3.8) is 0 Å². The fourth-order valence-electron chi connectivity index (χ4n) is 4.20. The molecular formula is C14H23I2N3O. The number of hydrogen-bond acceptors (Lipinski definition) is 3. The fraction of sp³-hybridized carbons (Fsp3) is 0.929. The molecule has 0 unspecified atom stereocenters. The number of nitrogens with one attached hydrogen (secondary N) is 3. The SMILES string of the molecule is C[C@@](I)(C(=O)NC1(C2CCCC2)CCCC1)C12NI1N2. The van der Waals surface area contributed by atoms with Crippen molar-refractivity contribution in [1.82, 2.24) is 12.4 Å². The zero-order chi connectivity index (χ0) is 14.0. The molecule has 6 heteroatoms. The molecule has 0 spiro atoms. The maximum absolute atomic E-state index is 12.9. The van der Waals surface area contributed by atoms with E-state index < -0.39 is 20.4 Å². The summed E-state index contributed by atoms with van der Waals surface area (Å²) in [5, 5.41) is 3.55. The van der Waals surface area contributed by atoms with Crippen LogP contribution in [0.4, 0.5) is 0 Å². The molecule has 4 fully saturated rings. The van der Waals surface area contributed by atoms with Crippen LogP contribution >= 0.6 is 43.0 Å². The monoisotopic (exact) mass is 503 g/mol. The number of hydrogen-bond donors (Lipinski definition) is 3. The van der Waals surface area contributed by atoms with Gasteiger partial charge < -0.3 is 0 Å². The molecule has 114 valence electrons. The van der Waals surface area contributed by atoms with E-state index in [1.165, 1.54) is 51.4 Å². The Balaban J connectivity index is 1.51. The number of amides is 1. The van der Waals surface area contributed by atoms with E-state index in [0.29, 0.717) is 0 Å². The second-order valence-electron chi connectivity index (χ2n) is 6.93. The quantitative estimate of drug-likeness (QED) is 0.182. The fourth-order valence-corrected chi connectivity index (χ4v) is 12.0. The Kier molecular flexibility index (Phi) is 3.37. The van der Waals surface area contributed by atoms with Crippen LogP contribution in [0.2, 0.25) is 0 Å². The molecule has 2 saturated carbocycles. The van der Waals surface area contributed by atoms with Crippen molar-refractivity contribution >= 4 is 48.9 Å². The number of alkyl halides is 2.